The number of carbonyl (C=O) groups excluding carboxylic acids is 1. The van der Waals surface area contributed by atoms with Crippen LogP contribution >= 0.6 is 15.9 Å². The number of hydrogen-bond donors (Lipinski definition) is 1. The van der Waals surface area contributed by atoms with E-state index in [-0.39, 0.29) is 17.6 Å². The molecule has 0 spiro atoms. The molecule has 6 nitrogen and oxygen atoms in total. The van der Waals surface area contributed by atoms with Crippen LogP contribution in [0.2, 0.25) is 0 Å². The van der Waals surface area contributed by atoms with Crippen LogP contribution in [-0.4, -0.2) is 10.9 Å². The highest BCUT2D eigenvalue weighted by atomic mass is 79.9. The van der Waals surface area contributed by atoms with Gasteiger partial charge in [-0.2, -0.15) is 0 Å². The number of halogens is 1. The second-order valence-electron chi connectivity index (χ2n) is 7.88. The number of aromatic nitrogens is 1. The zero-order chi connectivity index (χ0) is 23.1. The first-order valence-corrected chi connectivity index (χ1v) is 11.3. The van der Waals surface area contributed by atoms with Crippen molar-refractivity contribution in [2.75, 3.05) is 5.32 Å². The maximum atomic E-state index is 13.0. The topological polar surface area (TPSA) is 81.4 Å². The van der Waals surface area contributed by atoms with Crippen LogP contribution in [0.3, 0.4) is 0 Å². The van der Waals surface area contributed by atoms with Crippen molar-refractivity contribution in [3.8, 4) is 0 Å². The lowest BCUT2D eigenvalue weighted by Crippen LogP contribution is -2.13. The lowest BCUT2D eigenvalue weighted by molar-refractivity contribution is 0.0996. The predicted molar refractivity (Wildman–Crippen MR) is 129 cm³/mol. The van der Waals surface area contributed by atoms with Crippen molar-refractivity contribution in [1.29, 1.82) is 0 Å². The van der Waals surface area contributed by atoms with Crippen LogP contribution in [0.15, 0.2) is 78.6 Å². The molecule has 1 amide bonds. The van der Waals surface area contributed by atoms with Gasteiger partial charge in [0.1, 0.15) is 23.2 Å². The van der Waals surface area contributed by atoms with Crippen LogP contribution in [0.5, 0.6) is 0 Å². The number of carbonyl (C=O) groups is 1. The van der Waals surface area contributed by atoms with Crippen molar-refractivity contribution in [3.05, 3.63) is 105 Å². The number of anilines is 1. The van der Waals surface area contributed by atoms with E-state index in [2.05, 4.69) is 26.2 Å². The molecule has 0 aliphatic rings. The van der Waals surface area contributed by atoms with Gasteiger partial charge in [-0.1, -0.05) is 30.3 Å². The van der Waals surface area contributed by atoms with Crippen LogP contribution in [0, 0.1) is 20.8 Å². The molecule has 1 atom stereocenters. The highest BCUT2D eigenvalue weighted by Gasteiger charge is 2.31. The minimum absolute atomic E-state index is 0.206. The Morgan fingerprint density at radius 3 is 2.45 bits per heavy atom. The molecule has 166 valence electrons. The number of aryl methyl sites for hydroxylation is 3. The number of hydrogen-bond acceptors (Lipinski definition) is 5. The number of amides is 1. The van der Waals surface area contributed by atoms with Gasteiger partial charge in [-0.15, -0.1) is 0 Å². The normalized spacial score (nSPS) is 12.2. The largest absolute Gasteiger partial charge is 0.465 e. The first-order chi connectivity index (χ1) is 15.9. The maximum Gasteiger partial charge on any atom is 0.291 e. The van der Waals surface area contributed by atoms with E-state index in [1.807, 2.05) is 63.2 Å². The fraction of sp³-hybridized carbons (Fsp3) is 0.154. The summed E-state index contributed by atoms with van der Waals surface area (Å²) in [6, 6.07) is 17.0. The van der Waals surface area contributed by atoms with Crippen LogP contribution in [0.1, 0.15) is 50.6 Å². The highest BCUT2D eigenvalue weighted by molar-refractivity contribution is 9.10. The monoisotopic (exact) mass is 504 g/mol. The molecule has 5 rings (SSSR count). The minimum atomic E-state index is -0.389. The number of pyridine rings is 1. The van der Waals surface area contributed by atoms with Gasteiger partial charge in [-0.25, -0.2) is 4.98 Å². The fourth-order valence-electron chi connectivity index (χ4n) is 4.05. The van der Waals surface area contributed by atoms with Crippen molar-refractivity contribution in [3.63, 3.8) is 0 Å². The summed E-state index contributed by atoms with van der Waals surface area (Å²) in [5, 5.41) is 3.75. The maximum absolute atomic E-state index is 13.0. The summed E-state index contributed by atoms with van der Waals surface area (Å²) in [5.41, 5.74) is 3.68. The quantitative estimate of drug-likeness (QED) is 0.275. The van der Waals surface area contributed by atoms with Gasteiger partial charge in [0.05, 0.1) is 23.0 Å². The van der Waals surface area contributed by atoms with Gasteiger partial charge in [0.2, 0.25) is 5.71 Å². The standard InChI is InChI=1S/C26H21BrN2O4/c1-14-11-12-18(32-14)21(17-8-5-4-6-9-17)24-23(29-25(30)19-10-7-13-31-19)20-15(2)22(27)16(3)28-26(20)33-24/h4-13,21H,1-3H3,(H,29,30)/t21-/m1/s1. The average molecular weight is 505 g/mol. The van der Waals surface area contributed by atoms with Gasteiger partial charge in [0, 0.05) is 4.47 Å². The number of nitrogens with one attached hydrogen (secondary N) is 1. The Kier molecular flexibility index (Phi) is 5.42. The van der Waals surface area contributed by atoms with E-state index in [0.717, 1.165) is 32.4 Å². The Morgan fingerprint density at radius 1 is 1.00 bits per heavy atom. The minimum Gasteiger partial charge on any atom is -0.465 e. The number of rotatable bonds is 5. The molecule has 1 N–H and O–H groups in total. The molecule has 4 aromatic heterocycles. The highest BCUT2D eigenvalue weighted by Crippen LogP contribution is 2.44. The Balaban J connectivity index is 1.78. The molecule has 0 radical (unpaired) electrons. The number of fused-ring (bicyclic) bond motifs is 1. The molecule has 0 bridgehead atoms. The molecule has 0 saturated carbocycles. The van der Waals surface area contributed by atoms with Gasteiger partial charge < -0.3 is 18.6 Å². The van der Waals surface area contributed by atoms with Crippen molar-refractivity contribution in [1.82, 2.24) is 4.98 Å². The van der Waals surface area contributed by atoms with Gasteiger partial charge in [-0.05, 0) is 72.1 Å². The number of nitrogens with zero attached hydrogens (tertiary/aromatic N) is 1. The number of furan rings is 3. The van der Waals surface area contributed by atoms with Gasteiger partial charge >= 0.3 is 0 Å². The molecule has 0 unspecified atom stereocenters. The first-order valence-electron chi connectivity index (χ1n) is 10.5. The third-order valence-electron chi connectivity index (χ3n) is 5.63. The summed E-state index contributed by atoms with van der Waals surface area (Å²) in [4.78, 5) is 17.7. The fourth-order valence-corrected chi connectivity index (χ4v) is 4.34. The van der Waals surface area contributed by atoms with E-state index in [0.29, 0.717) is 22.9 Å². The predicted octanol–water partition coefficient (Wildman–Crippen LogP) is 7.13. The van der Waals surface area contributed by atoms with Crippen LogP contribution in [0.4, 0.5) is 5.69 Å². The molecule has 5 aromatic rings. The van der Waals surface area contributed by atoms with E-state index in [4.69, 9.17) is 13.3 Å². The molecular weight excluding hydrogens is 484 g/mol. The summed E-state index contributed by atoms with van der Waals surface area (Å²) < 4.78 is 18.6. The summed E-state index contributed by atoms with van der Waals surface area (Å²) in [7, 11) is 0. The Labute approximate surface area is 198 Å². The second-order valence-corrected chi connectivity index (χ2v) is 8.67. The SMILES string of the molecule is Cc1ccc([C@@H](c2ccccc2)c2oc3nc(C)c(Br)c(C)c3c2NC(=O)c2ccco2)o1. The molecule has 4 heterocycles. The third-order valence-corrected chi connectivity index (χ3v) is 6.80. The Hall–Kier alpha value is -3.58. The van der Waals surface area contributed by atoms with E-state index in [1.54, 1.807) is 12.1 Å². The molecule has 0 aliphatic heterocycles. The molecule has 0 fully saturated rings. The Bertz CT molecular complexity index is 1450. The van der Waals surface area contributed by atoms with Crippen molar-refractivity contribution in [2.45, 2.75) is 26.7 Å². The van der Waals surface area contributed by atoms with E-state index in [9.17, 15) is 4.79 Å². The first kappa shape index (κ1) is 21.3. The van der Waals surface area contributed by atoms with Gasteiger partial charge in [0.15, 0.2) is 5.76 Å². The molecule has 1 aromatic carbocycles. The van der Waals surface area contributed by atoms with Gasteiger partial charge in [-0.3, -0.25) is 4.79 Å². The number of benzene rings is 1. The van der Waals surface area contributed by atoms with E-state index >= 15 is 0 Å². The van der Waals surface area contributed by atoms with Crippen LogP contribution in [0.25, 0.3) is 11.1 Å². The Morgan fingerprint density at radius 2 is 1.79 bits per heavy atom. The summed E-state index contributed by atoms with van der Waals surface area (Å²) >= 11 is 3.62. The molecule has 7 heteroatoms. The lowest BCUT2D eigenvalue weighted by Gasteiger charge is -2.15. The van der Waals surface area contributed by atoms with Crippen molar-refractivity contribution in [2.24, 2.45) is 0 Å². The van der Waals surface area contributed by atoms with E-state index < -0.39 is 0 Å². The van der Waals surface area contributed by atoms with Crippen LogP contribution in [-0.2, 0) is 0 Å². The summed E-state index contributed by atoms with van der Waals surface area (Å²) in [5.74, 6) is 1.48. The smallest absolute Gasteiger partial charge is 0.291 e. The zero-order valence-corrected chi connectivity index (χ0v) is 19.9. The molecule has 0 saturated heterocycles. The third kappa shape index (κ3) is 3.78. The molecule has 33 heavy (non-hydrogen) atoms. The van der Waals surface area contributed by atoms with Gasteiger partial charge in [0.25, 0.3) is 5.91 Å². The van der Waals surface area contributed by atoms with Crippen molar-refractivity contribution >= 4 is 38.6 Å². The average Bonchev–Trinajstić information content (AvgIpc) is 3.55. The van der Waals surface area contributed by atoms with Crippen molar-refractivity contribution < 1.29 is 18.0 Å². The second kappa shape index (κ2) is 8.41. The molecular formula is C26H21BrN2O4. The van der Waals surface area contributed by atoms with Crippen LogP contribution < -0.4 is 5.32 Å². The summed E-state index contributed by atoms with van der Waals surface area (Å²) in [6.07, 6.45) is 1.47. The zero-order valence-electron chi connectivity index (χ0n) is 18.3. The lowest BCUT2D eigenvalue weighted by atomic mass is 9.92. The summed E-state index contributed by atoms with van der Waals surface area (Å²) in [6.45, 7) is 5.78. The molecule has 0 aliphatic carbocycles. The van der Waals surface area contributed by atoms with E-state index in [1.165, 1.54) is 6.26 Å².